The van der Waals surface area contributed by atoms with Gasteiger partial charge in [0.2, 0.25) is 21.8 Å². The molecule has 0 spiro atoms. The van der Waals surface area contributed by atoms with Gasteiger partial charge in [0.25, 0.3) is 5.69 Å². The van der Waals surface area contributed by atoms with Crippen molar-refractivity contribution in [3.05, 3.63) is 62.1 Å². The normalized spacial score (nSPS) is 12.1. The highest BCUT2D eigenvalue weighted by Crippen LogP contribution is 2.34. The van der Waals surface area contributed by atoms with E-state index in [0.29, 0.717) is 16.4 Å². The Balaban J connectivity index is 2.60. The van der Waals surface area contributed by atoms with Crippen LogP contribution in [0.1, 0.15) is 32.8 Å². The van der Waals surface area contributed by atoms with E-state index in [-0.39, 0.29) is 40.4 Å². The van der Waals surface area contributed by atoms with E-state index in [1.54, 1.807) is 25.1 Å². The van der Waals surface area contributed by atoms with Crippen molar-refractivity contribution in [1.82, 2.24) is 10.2 Å². The third kappa shape index (κ3) is 8.45. The summed E-state index contributed by atoms with van der Waals surface area (Å²) >= 11 is 12.7. The Morgan fingerprint density at radius 2 is 1.77 bits per heavy atom. The number of methoxy groups -OCH3 is 1. The maximum Gasteiger partial charge on any atom is 0.271 e. The monoisotopic (exact) mass is 602 g/mol. The summed E-state index contributed by atoms with van der Waals surface area (Å²) in [6.07, 6.45) is 1.07. The maximum atomic E-state index is 13.8. The van der Waals surface area contributed by atoms with E-state index in [9.17, 15) is 28.1 Å². The second-order valence-corrected chi connectivity index (χ2v) is 11.9. The number of nitro benzene ring substituents is 1. The van der Waals surface area contributed by atoms with Crippen LogP contribution in [0.4, 0.5) is 11.4 Å². The van der Waals surface area contributed by atoms with Crippen LogP contribution in [-0.4, -0.2) is 62.6 Å². The van der Waals surface area contributed by atoms with E-state index < -0.39 is 45.0 Å². The largest absolute Gasteiger partial charge is 0.495 e. The van der Waals surface area contributed by atoms with E-state index >= 15 is 0 Å². The average molecular weight is 604 g/mol. The minimum absolute atomic E-state index is 0.00115. The Hall–Kier alpha value is -3.09. The smallest absolute Gasteiger partial charge is 0.271 e. The van der Waals surface area contributed by atoms with E-state index in [1.807, 2.05) is 13.8 Å². The molecule has 14 heteroatoms. The highest BCUT2D eigenvalue weighted by atomic mass is 35.5. The van der Waals surface area contributed by atoms with E-state index in [4.69, 9.17) is 27.9 Å². The number of nitro groups is 1. The quantitative estimate of drug-likeness (QED) is 0.267. The molecule has 0 aliphatic heterocycles. The SMILES string of the molecule is CCC(C(=O)NCC(C)C)N(Cc1c(Cl)cccc1Cl)C(=O)CN(c1cc([N+](=O)[O-])ccc1OC)S(C)(=O)=O. The van der Waals surface area contributed by atoms with Crippen LogP contribution in [0.25, 0.3) is 0 Å². The van der Waals surface area contributed by atoms with Gasteiger partial charge in [0.15, 0.2) is 0 Å². The lowest BCUT2D eigenvalue weighted by atomic mass is 10.1. The molecule has 11 nitrogen and oxygen atoms in total. The molecule has 1 atom stereocenters. The van der Waals surface area contributed by atoms with E-state index in [2.05, 4.69) is 5.32 Å². The third-order valence-corrected chi connectivity index (χ3v) is 7.62. The summed E-state index contributed by atoms with van der Waals surface area (Å²) in [6, 6.07) is 7.22. The lowest BCUT2D eigenvalue weighted by Crippen LogP contribution is -2.52. The Bertz CT molecular complexity index is 1300. The zero-order chi connectivity index (χ0) is 29.5. The molecule has 0 aliphatic carbocycles. The van der Waals surface area contributed by atoms with Crippen molar-refractivity contribution in [1.29, 1.82) is 0 Å². The molecular formula is C25H32Cl2N4O7S. The Labute approximate surface area is 238 Å². The topological polar surface area (TPSA) is 139 Å². The number of hydrogen-bond donors (Lipinski definition) is 1. The van der Waals surface area contributed by atoms with Crippen LogP contribution >= 0.6 is 23.2 Å². The number of non-ortho nitro benzene ring substituents is 1. The number of halogens is 2. The third-order valence-electron chi connectivity index (χ3n) is 5.78. The van der Waals surface area contributed by atoms with Gasteiger partial charge in [0.05, 0.1) is 18.3 Å². The molecular weight excluding hydrogens is 571 g/mol. The number of amides is 2. The van der Waals surface area contributed by atoms with Crippen molar-refractivity contribution in [2.45, 2.75) is 39.8 Å². The number of carbonyl (C=O) groups is 2. The van der Waals surface area contributed by atoms with Gasteiger partial charge in [-0.3, -0.25) is 24.0 Å². The van der Waals surface area contributed by atoms with Gasteiger partial charge in [-0.1, -0.05) is 50.0 Å². The predicted molar refractivity (Wildman–Crippen MR) is 151 cm³/mol. The first-order valence-electron chi connectivity index (χ1n) is 12.0. The molecule has 2 aromatic carbocycles. The molecule has 214 valence electrons. The Morgan fingerprint density at radius 1 is 1.15 bits per heavy atom. The van der Waals surface area contributed by atoms with E-state index in [1.165, 1.54) is 18.1 Å². The van der Waals surface area contributed by atoms with Crippen molar-refractivity contribution in [3.8, 4) is 5.75 Å². The molecule has 2 rings (SSSR count). The van der Waals surface area contributed by atoms with Crippen LogP contribution in [0.5, 0.6) is 5.75 Å². The molecule has 39 heavy (non-hydrogen) atoms. The molecule has 1 N–H and O–H groups in total. The van der Waals surface area contributed by atoms with Crippen LogP contribution in [0.15, 0.2) is 36.4 Å². The number of benzene rings is 2. The highest BCUT2D eigenvalue weighted by molar-refractivity contribution is 7.92. The fourth-order valence-electron chi connectivity index (χ4n) is 3.78. The zero-order valence-corrected chi connectivity index (χ0v) is 24.6. The molecule has 0 aliphatic rings. The molecule has 1 unspecified atom stereocenters. The number of nitrogens with zero attached hydrogens (tertiary/aromatic N) is 3. The molecule has 0 saturated heterocycles. The number of hydrogen-bond acceptors (Lipinski definition) is 7. The van der Waals surface area contributed by atoms with Crippen LogP contribution in [0.3, 0.4) is 0 Å². The predicted octanol–water partition coefficient (Wildman–Crippen LogP) is 4.26. The molecule has 2 aromatic rings. The minimum atomic E-state index is -4.15. The van der Waals surface area contributed by atoms with Gasteiger partial charge in [-0.25, -0.2) is 8.42 Å². The lowest BCUT2D eigenvalue weighted by molar-refractivity contribution is -0.384. The highest BCUT2D eigenvalue weighted by Gasteiger charge is 2.34. The van der Waals surface area contributed by atoms with Gasteiger partial charge in [-0.05, 0) is 30.5 Å². The summed E-state index contributed by atoms with van der Waals surface area (Å²) in [5.41, 5.74) is -0.218. The van der Waals surface area contributed by atoms with Gasteiger partial charge in [-0.2, -0.15) is 0 Å². The van der Waals surface area contributed by atoms with Crippen LogP contribution in [-0.2, 0) is 26.2 Å². The maximum absolute atomic E-state index is 13.8. The first-order valence-corrected chi connectivity index (χ1v) is 14.6. The van der Waals surface area contributed by atoms with E-state index in [0.717, 1.165) is 18.4 Å². The first kappa shape index (κ1) is 32.1. The summed E-state index contributed by atoms with van der Waals surface area (Å²) in [6.45, 7) is 4.96. The van der Waals surface area contributed by atoms with Crippen molar-refractivity contribution >= 4 is 56.4 Å². The Kier molecular flexibility index (Phi) is 11.4. The summed E-state index contributed by atoms with van der Waals surface area (Å²) in [5.74, 6) is -1.03. The van der Waals surface area contributed by atoms with Crippen LogP contribution in [0.2, 0.25) is 10.0 Å². The molecule has 0 aromatic heterocycles. The van der Waals surface area contributed by atoms with Crippen LogP contribution < -0.4 is 14.4 Å². The standard InChI is InChI=1S/C25H32Cl2N4O7S/c1-6-21(25(33)28-13-16(2)3)29(14-18-19(26)8-7-9-20(18)27)24(32)15-30(39(5,36)37)22-12-17(31(34)35)10-11-23(22)38-4/h7-12,16,21H,6,13-15H2,1-5H3,(H,28,33). The number of anilines is 1. The number of rotatable bonds is 13. The van der Waals surface area contributed by atoms with Crippen LogP contribution in [0, 0.1) is 16.0 Å². The number of carbonyl (C=O) groups excluding carboxylic acids is 2. The molecule has 2 amide bonds. The van der Waals surface area contributed by atoms with Gasteiger partial charge >= 0.3 is 0 Å². The molecule has 0 saturated carbocycles. The second-order valence-electron chi connectivity index (χ2n) is 9.17. The number of sulfonamides is 1. The molecule has 0 bridgehead atoms. The molecule has 0 radical (unpaired) electrons. The summed E-state index contributed by atoms with van der Waals surface area (Å²) in [5, 5.41) is 14.7. The fraction of sp³-hybridized carbons (Fsp3) is 0.440. The second kappa shape index (κ2) is 13.8. The number of ether oxygens (including phenoxy) is 1. The van der Waals surface area contributed by atoms with Crippen molar-refractivity contribution in [2.24, 2.45) is 5.92 Å². The average Bonchev–Trinajstić information content (AvgIpc) is 2.86. The summed E-state index contributed by atoms with van der Waals surface area (Å²) < 4.78 is 31.7. The van der Waals surface area contributed by atoms with Gasteiger partial charge in [0, 0.05) is 40.8 Å². The summed E-state index contributed by atoms with van der Waals surface area (Å²) in [7, 11) is -2.89. The van der Waals surface area contributed by atoms with Crippen molar-refractivity contribution < 1.29 is 27.7 Å². The number of nitrogens with one attached hydrogen (secondary N) is 1. The lowest BCUT2D eigenvalue weighted by Gasteiger charge is -2.33. The van der Waals surface area contributed by atoms with Crippen molar-refractivity contribution in [2.75, 3.05) is 30.8 Å². The van der Waals surface area contributed by atoms with Gasteiger partial charge in [-0.15, -0.1) is 0 Å². The van der Waals surface area contributed by atoms with Gasteiger partial charge in [0.1, 0.15) is 24.0 Å². The first-order chi connectivity index (χ1) is 18.2. The molecule has 0 fully saturated rings. The fourth-order valence-corrected chi connectivity index (χ4v) is 5.14. The Morgan fingerprint density at radius 3 is 2.26 bits per heavy atom. The summed E-state index contributed by atoms with van der Waals surface area (Å²) in [4.78, 5) is 38.9. The van der Waals surface area contributed by atoms with Gasteiger partial charge < -0.3 is 15.0 Å². The minimum Gasteiger partial charge on any atom is -0.495 e. The zero-order valence-electron chi connectivity index (χ0n) is 22.3. The van der Waals surface area contributed by atoms with Crippen molar-refractivity contribution in [3.63, 3.8) is 0 Å². The molecule has 0 heterocycles.